The molecule has 2 heterocycles. The van der Waals surface area contributed by atoms with Gasteiger partial charge >= 0.3 is 5.63 Å². The van der Waals surface area contributed by atoms with Crippen LogP contribution in [0.1, 0.15) is 10.4 Å². The third kappa shape index (κ3) is 4.87. The summed E-state index contributed by atoms with van der Waals surface area (Å²) in [5.41, 5.74) is 1.77. The van der Waals surface area contributed by atoms with Gasteiger partial charge in [-0.25, -0.2) is 4.79 Å². The highest BCUT2D eigenvalue weighted by molar-refractivity contribution is 6.09. The van der Waals surface area contributed by atoms with Crippen LogP contribution < -0.4 is 20.6 Å². The standard InChI is InChI=1S/C27H23N3O7/c1-35-25-15-18(6-8-20(25)21-14-17-4-2-3-5-24(17)37-27(21)32)28-26(31)22-16-19(30(33)34)7-9-23(22)29-10-12-36-13-11-29/h2-9,14-16H,10-13H2,1H3,(H,28,31). The number of nitro benzene ring substituents is 1. The molecule has 1 aliphatic heterocycles. The molecule has 10 heteroatoms. The van der Waals surface area contributed by atoms with E-state index < -0.39 is 16.5 Å². The first-order valence-electron chi connectivity index (χ1n) is 11.6. The maximum Gasteiger partial charge on any atom is 0.344 e. The predicted octanol–water partition coefficient (Wildman–Crippen LogP) is 4.47. The maximum atomic E-state index is 13.3. The third-order valence-corrected chi connectivity index (χ3v) is 6.18. The molecule has 3 aromatic carbocycles. The van der Waals surface area contributed by atoms with Crippen LogP contribution in [0.5, 0.6) is 5.75 Å². The highest BCUT2D eigenvalue weighted by atomic mass is 16.6. The fraction of sp³-hybridized carbons (Fsp3) is 0.185. The Balaban J connectivity index is 1.48. The van der Waals surface area contributed by atoms with Gasteiger partial charge in [0.15, 0.2) is 0 Å². The smallest absolute Gasteiger partial charge is 0.344 e. The minimum atomic E-state index is -0.535. The first kappa shape index (κ1) is 24.0. The Hall–Kier alpha value is -4.70. The fourth-order valence-corrected chi connectivity index (χ4v) is 4.34. The van der Waals surface area contributed by atoms with E-state index in [9.17, 15) is 19.7 Å². The van der Waals surface area contributed by atoms with Crippen LogP contribution in [0.15, 0.2) is 75.9 Å². The molecule has 188 valence electrons. The Morgan fingerprint density at radius 1 is 1.03 bits per heavy atom. The zero-order valence-electron chi connectivity index (χ0n) is 19.9. The van der Waals surface area contributed by atoms with Gasteiger partial charge in [0.1, 0.15) is 11.3 Å². The van der Waals surface area contributed by atoms with Crippen LogP contribution in [0.25, 0.3) is 22.1 Å². The lowest BCUT2D eigenvalue weighted by molar-refractivity contribution is -0.384. The van der Waals surface area contributed by atoms with Crippen LogP contribution >= 0.6 is 0 Å². The number of hydrogen-bond acceptors (Lipinski definition) is 8. The summed E-state index contributed by atoms with van der Waals surface area (Å²) in [6.45, 7) is 2.13. The Kier molecular flexibility index (Phi) is 6.57. The van der Waals surface area contributed by atoms with Crippen molar-refractivity contribution >= 4 is 33.9 Å². The van der Waals surface area contributed by atoms with Gasteiger partial charge in [-0.2, -0.15) is 0 Å². The number of amides is 1. The zero-order valence-corrected chi connectivity index (χ0v) is 19.9. The van der Waals surface area contributed by atoms with Gasteiger partial charge in [0.25, 0.3) is 11.6 Å². The van der Waals surface area contributed by atoms with Gasteiger partial charge < -0.3 is 24.1 Å². The van der Waals surface area contributed by atoms with Gasteiger partial charge in [-0.3, -0.25) is 14.9 Å². The minimum absolute atomic E-state index is 0.175. The zero-order chi connectivity index (χ0) is 25.9. The van der Waals surface area contributed by atoms with Crippen LogP contribution in [0.2, 0.25) is 0 Å². The van der Waals surface area contributed by atoms with Gasteiger partial charge in [-0.1, -0.05) is 18.2 Å². The summed E-state index contributed by atoms with van der Waals surface area (Å²) >= 11 is 0. The van der Waals surface area contributed by atoms with Gasteiger partial charge in [0.05, 0.1) is 42.1 Å². The third-order valence-electron chi connectivity index (χ3n) is 6.18. The largest absolute Gasteiger partial charge is 0.496 e. The number of ether oxygens (including phenoxy) is 2. The van der Waals surface area contributed by atoms with Crippen LogP contribution in [-0.4, -0.2) is 44.2 Å². The fourth-order valence-electron chi connectivity index (χ4n) is 4.34. The molecule has 0 spiro atoms. The van der Waals surface area contributed by atoms with Gasteiger partial charge in [-0.15, -0.1) is 0 Å². The van der Waals surface area contributed by atoms with Crippen molar-refractivity contribution in [1.82, 2.24) is 0 Å². The molecule has 1 amide bonds. The molecule has 4 aromatic rings. The topological polar surface area (TPSA) is 124 Å². The lowest BCUT2D eigenvalue weighted by Crippen LogP contribution is -2.37. The van der Waals surface area contributed by atoms with E-state index in [2.05, 4.69) is 5.32 Å². The molecule has 0 bridgehead atoms. The summed E-state index contributed by atoms with van der Waals surface area (Å²) < 4.78 is 16.4. The number of benzene rings is 3. The van der Waals surface area contributed by atoms with Crippen molar-refractivity contribution < 1.29 is 23.6 Å². The number of carbonyl (C=O) groups is 1. The molecule has 0 unspecified atom stereocenters. The summed E-state index contributed by atoms with van der Waals surface area (Å²) in [6.07, 6.45) is 0. The van der Waals surface area contributed by atoms with Gasteiger partial charge in [0, 0.05) is 47.9 Å². The normalized spacial score (nSPS) is 13.4. The van der Waals surface area contributed by atoms with E-state index in [0.29, 0.717) is 60.1 Å². The molecule has 1 fully saturated rings. The van der Waals surface area contributed by atoms with E-state index in [-0.39, 0.29) is 11.3 Å². The number of nitrogens with zero attached hydrogens (tertiary/aromatic N) is 2. The number of anilines is 2. The molecule has 0 saturated carbocycles. The van der Waals surface area contributed by atoms with Crippen LogP contribution in [0.4, 0.5) is 17.1 Å². The summed E-state index contributed by atoms with van der Waals surface area (Å²) in [4.78, 5) is 38.8. The molecule has 0 atom stereocenters. The van der Waals surface area contributed by atoms with E-state index in [0.717, 1.165) is 5.39 Å². The van der Waals surface area contributed by atoms with E-state index in [1.165, 1.54) is 19.2 Å². The van der Waals surface area contributed by atoms with Gasteiger partial charge in [-0.05, 0) is 30.3 Å². The molecule has 10 nitrogen and oxygen atoms in total. The van der Waals surface area contributed by atoms with Gasteiger partial charge in [0.2, 0.25) is 0 Å². The number of carbonyl (C=O) groups excluding carboxylic acids is 1. The van der Waals surface area contributed by atoms with Crippen molar-refractivity contribution in [1.29, 1.82) is 0 Å². The van der Waals surface area contributed by atoms with E-state index >= 15 is 0 Å². The number of methoxy groups -OCH3 is 1. The molecule has 1 aliphatic rings. The Labute approximate surface area is 211 Å². The minimum Gasteiger partial charge on any atom is -0.496 e. The number of fused-ring (bicyclic) bond motifs is 1. The van der Waals surface area contributed by atoms with Crippen LogP contribution in [0, 0.1) is 10.1 Å². The Bertz CT molecular complexity index is 1560. The molecule has 37 heavy (non-hydrogen) atoms. The SMILES string of the molecule is COc1cc(NC(=O)c2cc([N+](=O)[O-])ccc2N2CCOCC2)ccc1-c1cc2ccccc2oc1=O. The van der Waals surface area contributed by atoms with Crippen molar-refractivity contribution in [2.75, 3.05) is 43.6 Å². The van der Waals surface area contributed by atoms with E-state index in [1.54, 1.807) is 42.5 Å². The first-order chi connectivity index (χ1) is 17.9. The molecule has 0 radical (unpaired) electrons. The number of nitrogens with one attached hydrogen (secondary N) is 1. The predicted molar refractivity (Wildman–Crippen MR) is 139 cm³/mol. The van der Waals surface area contributed by atoms with E-state index in [1.807, 2.05) is 17.0 Å². The Morgan fingerprint density at radius 3 is 2.57 bits per heavy atom. The lowest BCUT2D eigenvalue weighted by Gasteiger charge is -2.30. The number of hydrogen-bond donors (Lipinski definition) is 1. The van der Waals surface area contributed by atoms with Crippen LogP contribution in [-0.2, 0) is 4.74 Å². The molecule has 5 rings (SSSR count). The average Bonchev–Trinajstić information content (AvgIpc) is 2.92. The molecule has 1 saturated heterocycles. The highest BCUT2D eigenvalue weighted by Crippen LogP contribution is 2.33. The summed E-state index contributed by atoms with van der Waals surface area (Å²) in [7, 11) is 1.46. The second-order valence-corrected chi connectivity index (χ2v) is 8.41. The summed E-state index contributed by atoms with van der Waals surface area (Å²) in [5.74, 6) is -0.155. The van der Waals surface area contributed by atoms with Crippen molar-refractivity contribution in [3.63, 3.8) is 0 Å². The van der Waals surface area contributed by atoms with Crippen molar-refractivity contribution in [2.24, 2.45) is 0 Å². The average molecular weight is 501 g/mol. The number of morpholine rings is 1. The Morgan fingerprint density at radius 2 is 1.81 bits per heavy atom. The summed E-state index contributed by atoms with van der Waals surface area (Å²) in [6, 6.07) is 18.0. The highest BCUT2D eigenvalue weighted by Gasteiger charge is 2.23. The number of non-ortho nitro benzene ring substituents is 1. The number of nitro groups is 1. The first-order valence-corrected chi connectivity index (χ1v) is 11.6. The molecular weight excluding hydrogens is 478 g/mol. The number of para-hydroxylation sites is 1. The molecular formula is C27H23N3O7. The quantitative estimate of drug-likeness (QED) is 0.233. The maximum absolute atomic E-state index is 13.3. The monoisotopic (exact) mass is 501 g/mol. The molecule has 1 aromatic heterocycles. The molecule has 1 N–H and O–H groups in total. The van der Waals surface area contributed by atoms with E-state index in [4.69, 9.17) is 13.9 Å². The second-order valence-electron chi connectivity index (χ2n) is 8.41. The summed E-state index contributed by atoms with van der Waals surface area (Å²) in [5, 5.41) is 14.9. The van der Waals surface area contributed by atoms with Crippen molar-refractivity contribution in [2.45, 2.75) is 0 Å². The molecule has 0 aliphatic carbocycles. The number of rotatable bonds is 6. The van der Waals surface area contributed by atoms with Crippen LogP contribution in [0.3, 0.4) is 0 Å². The van der Waals surface area contributed by atoms with Crippen molar-refractivity contribution in [3.05, 3.63) is 92.8 Å². The lowest BCUT2D eigenvalue weighted by atomic mass is 10.0. The second kappa shape index (κ2) is 10.1. The van der Waals surface area contributed by atoms with Crippen molar-refractivity contribution in [3.8, 4) is 16.9 Å².